The maximum absolute atomic E-state index is 4.31. The van der Waals surface area contributed by atoms with Gasteiger partial charge >= 0.3 is 0 Å². The van der Waals surface area contributed by atoms with Crippen LogP contribution in [0.2, 0.25) is 0 Å². The number of aliphatic imine (C=N–C) groups is 1. The van der Waals surface area contributed by atoms with E-state index in [0.717, 1.165) is 31.6 Å². The van der Waals surface area contributed by atoms with Crippen molar-refractivity contribution in [2.75, 3.05) is 46.8 Å². The lowest BCUT2D eigenvalue weighted by Crippen LogP contribution is -2.43. The largest absolute Gasteiger partial charge is 0.356 e. The van der Waals surface area contributed by atoms with E-state index in [-0.39, 0.29) is 0 Å². The summed E-state index contributed by atoms with van der Waals surface area (Å²) < 4.78 is 0. The van der Waals surface area contributed by atoms with Crippen molar-refractivity contribution in [1.82, 2.24) is 20.4 Å². The molecule has 5 nitrogen and oxygen atoms in total. The Bertz CT molecular complexity index is 331. The Labute approximate surface area is 143 Å². The summed E-state index contributed by atoms with van der Waals surface area (Å²) in [4.78, 5) is 9.33. The first-order valence-corrected chi connectivity index (χ1v) is 9.47. The molecule has 0 amide bonds. The average Bonchev–Trinajstić information content (AvgIpc) is 2.57. The van der Waals surface area contributed by atoms with Gasteiger partial charge in [0.05, 0.1) is 0 Å². The number of nitrogens with zero attached hydrogens (tertiary/aromatic N) is 3. The van der Waals surface area contributed by atoms with Crippen molar-refractivity contribution in [3.05, 3.63) is 0 Å². The van der Waals surface area contributed by atoms with Crippen LogP contribution < -0.4 is 10.6 Å². The van der Waals surface area contributed by atoms with Gasteiger partial charge in [-0.3, -0.25) is 4.99 Å². The minimum Gasteiger partial charge on any atom is -0.356 e. The van der Waals surface area contributed by atoms with Crippen molar-refractivity contribution in [2.45, 2.75) is 65.0 Å². The Hall–Kier alpha value is -0.810. The van der Waals surface area contributed by atoms with Crippen LogP contribution in [0.4, 0.5) is 0 Å². The molecule has 1 aliphatic heterocycles. The summed E-state index contributed by atoms with van der Waals surface area (Å²) in [6.45, 7) is 12.3. The predicted octanol–water partition coefficient (Wildman–Crippen LogP) is 2.15. The van der Waals surface area contributed by atoms with E-state index in [9.17, 15) is 0 Å². The Morgan fingerprint density at radius 2 is 2.04 bits per heavy atom. The van der Waals surface area contributed by atoms with Crippen molar-refractivity contribution in [2.24, 2.45) is 4.99 Å². The number of hydrogen-bond donors (Lipinski definition) is 2. The van der Waals surface area contributed by atoms with Crippen molar-refractivity contribution >= 4 is 5.96 Å². The summed E-state index contributed by atoms with van der Waals surface area (Å²) in [6.07, 6.45) is 6.50. The van der Waals surface area contributed by atoms with Gasteiger partial charge in [-0.2, -0.15) is 0 Å². The lowest BCUT2D eigenvalue weighted by atomic mass is 10.0. The molecule has 0 saturated carbocycles. The lowest BCUT2D eigenvalue weighted by Gasteiger charge is -2.33. The van der Waals surface area contributed by atoms with Crippen LogP contribution in [0.1, 0.15) is 52.9 Å². The molecule has 1 fully saturated rings. The molecule has 1 saturated heterocycles. The minimum absolute atomic E-state index is 0.637. The molecular formula is C18H39N5. The van der Waals surface area contributed by atoms with Crippen LogP contribution in [-0.2, 0) is 0 Å². The number of guanidine groups is 1. The summed E-state index contributed by atoms with van der Waals surface area (Å²) in [5.41, 5.74) is 0. The van der Waals surface area contributed by atoms with Gasteiger partial charge in [0.25, 0.3) is 0 Å². The van der Waals surface area contributed by atoms with E-state index in [1.807, 2.05) is 7.05 Å². The van der Waals surface area contributed by atoms with Gasteiger partial charge in [-0.05, 0) is 53.1 Å². The number of piperidine rings is 1. The van der Waals surface area contributed by atoms with Crippen molar-refractivity contribution in [3.8, 4) is 0 Å². The molecule has 5 heteroatoms. The van der Waals surface area contributed by atoms with Crippen LogP contribution >= 0.6 is 0 Å². The third-order valence-corrected chi connectivity index (χ3v) is 5.18. The van der Waals surface area contributed by atoms with E-state index >= 15 is 0 Å². The van der Waals surface area contributed by atoms with Gasteiger partial charge in [-0.1, -0.05) is 13.3 Å². The predicted molar refractivity (Wildman–Crippen MR) is 101 cm³/mol. The molecule has 2 N–H and O–H groups in total. The van der Waals surface area contributed by atoms with Crippen LogP contribution in [0.15, 0.2) is 4.99 Å². The highest BCUT2D eigenvalue weighted by Gasteiger charge is 2.17. The highest BCUT2D eigenvalue weighted by Crippen LogP contribution is 2.15. The summed E-state index contributed by atoms with van der Waals surface area (Å²) in [6, 6.07) is 1.40. The van der Waals surface area contributed by atoms with Gasteiger partial charge < -0.3 is 20.4 Å². The minimum atomic E-state index is 0.637. The fourth-order valence-corrected chi connectivity index (χ4v) is 3.08. The normalized spacial score (nSPS) is 21.5. The Morgan fingerprint density at radius 1 is 1.30 bits per heavy atom. The molecule has 0 aromatic rings. The van der Waals surface area contributed by atoms with Crippen LogP contribution in [0, 0.1) is 0 Å². The van der Waals surface area contributed by atoms with Crippen LogP contribution in [-0.4, -0.2) is 74.7 Å². The SMILES string of the molecule is CCC(C)N(C)CCNC(=NC)NCCCN1CCCCC1C. The molecule has 0 aromatic carbocycles. The monoisotopic (exact) mass is 325 g/mol. The molecule has 1 rings (SSSR count). The maximum atomic E-state index is 4.31. The first-order chi connectivity index (χ1) is 11.1. The maximum Gasteiger partial charge on any atom is 0.191 e. The van der Waals surface area contributed by atoms with Gasteiger partial charge in [0.15, 0.2) is 5.96 Å². The van der Waals surface area contributed by atoms with Gasteiger partial charge in [0.1, 0.15) is 0 Å². The zero-order valence-corrected chi connectivity index (χ0v) is 16.1. The molecule has 1 heterocycles. The molecule has 0 aromatic heterocycles. The fraction of sp³-hybridized carbons (Fsp3) is 0.944. The molecule has 23 heavy (non-hydrogen) atoms. The van der Waals surface area contributed by atoms with Gasteiger partial charge in [-0.25, -0.2) is 0 Å². The van der Waals surface area contributed by atoms with Gasteiger partial charge in [-0.15, -0.1) is 0 Å². The summed E-state index contributed by atoms with van der Waals surface area (Å²) in [5, 5.41) is 6.84. The second kappa shape index (κ2) is 11.7. The van der Waals surface area contributed by atoms with Crippen LogP contribution in [0.3, 0.4) is 0 Å². The Morgan fingerprint density at radius 3 is 2.70 bits per heavy atom. The molecule has 0 spiro atoms. The summed E-state index contributed by atoms with van der Waals surface area (Å²) in [7, 11) is 4.03. The van der Waals surface area contributed by atoms with Crippen LogP contribution in [0.25, 0.3) is 0 Å². The van der Waals surface area contributed by atoms with Gasteiger partial charge in [0.2, 0.25) is 0 Å². The molecular weight excluding hydrogens is 286 g/mol. The number of nitrogens with one attached hydrogen (secondary N) is 2. The quantitative estimate of drug-likeness (QED) is 0.387. The fourth-order valence-electron chi connectivity index (χ4n) is 3.08. The molecule has 2 atom stereocenters. The zero-order valence-electron chi connectivity index (χ0n) is 16.1. The number of rotatable bonds is 9. The van der Waals surface area contributed by atoms with Crippen molar-refractivity contribution < 1.29 is 0 Å². The number of likely N-dealkylation sites (N-methyl/N-ethyl adjacent to an activating group) is 1. The Kier molecular flexibility index (Phi) is 10.3. The highest BCUT2D eigenvalue weighted by atomic mass is 15.2. The second-order valence-electron chi connectivity index (χ2n) is 6.90. The highest BCUT2D eigenvalue weighted by molar-refractivity contribution is 5.79. The third kappa shape index (κ3) is 8.02. The standard InChI is InChI=1S/C18H39N5/c1-6-16(2)22(5)15-12-21-18(19-4)20-11-9-14-23-13-8-7-10-17(23)3/h16-17H,6-15H2,1-5H3,(H2,19,20,21). The van der Waals surface area contributed by atoms with E-state index < -0.39 is 0 Å². The molecule has 136 valence electrons. The molecule has 0 bridgehead atoms. The molecule has 0 radical (unpaired) electrons. The van der Waals surface area contributed by atoms with Crippen molar-refractivity contribution in [1.29, 1.82) is 0 Å². The van der Waals surface area contributed by atoms with E-state index in [1.165, 1.54) is 45.2 Å². The molecule has 0 aliphatic carbocycles. The first-order valence-electron chi connectivity index (χ1n) is 9.47. The average molecular weight is 326 g/mol. The second-order valence-corrected chi connectivity index (χ2v) is 6.90. The third-order valence-electron chi connectivity index (χ3n) is 5.18. The van der Waals surface area contributed by atoms with E-state index in [1.54, 1.807) is 0 Å². The number of hydrogen-bond acceptors (Lipinski definition) is 3. The first kappa shape index (κ1) is 20.2. The summed E-state index contributed by atoms with van der Waals surface area (Å²) >= 11 is 0. The van der Waals surface area contributed by atoms with E-state index in [2.05, 4.69) is 53.2 Å². The van der Waals surface area contributed by atoms with E-state index in [0.29, 0.717) is 6.04 Å². The topological polar surface area (TPSA) is 42.9 Å². The Balaban J connectivity index is 2.12. The van der Waals surface area contributed by atoms with Crippen LogP contribution in [0.5, 0.6) is 0 Å². The summed E-state index contributed by atoms with van der Waals surface area (Å²) in [5.74, 6) is 0.925. The lowest BCUT2D eigenvalue weighted by molar-refractivity contribution is 0.159. The smallest absolute Gasteiger partial charge is 0.191 e. The molecule has 1 aliphatic rings. The van der Waals surface area contributed by atoms with E-state index in [4.69, 9.17) is 0 Å². The molecule has 2 unspecified atom stereocenters. The number of likely N-dealkylation sites (tertiary alicyclic amines) is 1. The van der Waals surface area contributed by atoms with Crippen molar-refractivity contribution in [3.63, 3.8) is 0 Å². The zero-order chi connectivity index (χ0) is 17.1. The van der Waals surface area contributed by atoms with Gasteiger partial charge in [0, 0.05) is 45.3 Å².